The molecule has 0 aromatic rings. The summed E-state index contributed by atoms with van der Waals surface area (Å²) in [5.74, 6) is 0.388. The molecule has 2 heteroatoms. The van der Waals surface area contributed by atoms with Gasteiger partial charge in [0, 0.05) is 17.7 Å². The molecule has 1 rings (SSSR count). The molecule has 1 aliphatic carbocycles. The Kier molecular flexibility index (Phi) is 1.76. The number of allylic oxidation sites excluding steroid dienone is 1. The van der Waals surface area contributed by atoms with Gasteiger partial charge in [-0.3, -0.25) is 0 Å². The van der Waals surface area contributed by atoms with Crippen molar-refractivity contribution >= 4 is 0 Å². The fourth-order valence-corrected chi connectivity index (χ4v) is 1.13. The second kappa shape index (κ2) is 2.40. The Bertz CT molecular complexity index is 129. The van der Waals surface area contributed by atoms with Gasteiger partial charge >= 0.3 is 0 Å². The first-order valence-electron chi connectivity index (χ1n) is 3.43. The topological polar surface area (TPSA) is 52.0 Å². The average molecular weight is 126 g/mol. The minimum absolute atomic E-state index is 0.287. The van der Waals surface area contributed by atoms with Gasteiger partial charge in [0.2, 0.25) is 0 Å². The van der Waals surface area contributed by atoms with Gasteiger partial charge in [0.15, 0.2) is 0 Å². The van der Waals surface area contributed by atoms with Gasteiger partial charge in [-0.1, -0.05) is 13.0 Å². The highest BCUT2D eigenvalue weighted by Gasteiger charge is 2.17. The normalized spacial score (nSPS) is 36.0. The molecule has 0 aromatic heterocycles. The van der Waals surface area contributed by atoms with E-state index in [1.165, 1.54) is 0 Å². The zero-order valence-corrected chi connectivity index (χ0v) is 5.80. The Hall–Kier alpha value is -0.500. The molecule has 9 heavy (non-hydrogen) atoms. The molecule has 0 spiro atoms. The van der Waals surface area contributed by atoms with Crippen molar-refractivity contribution in [2.45, 2.75) is 25.8 Å². The average Bonchev–Trinajstić information content (AvgIpc) is 1.83. The first-order chi connectivity index (χ1) is 4.22. The van der Waals surface area contributed by atoms with Crippen molar-refractivity contribution in [3.63, 3.8) is 0 Å². The number of hydrogen-bond donors (Lipinski definition) is 2. The van der Waals surface area contributed by atoms with Gasteiger partial charge in [-0.05, 0) is 12.8 Å². The summed E-state index contributed by atoms with van der Waals surface area (Å²) in [5.41, 5.74) is 12.4. The molecule has 4 N–H and O–H groups in total. The van der Waals surface area contributed by atoms with Gasteiger partial charge < -0.3 is 11.5 Å². The maximum absolute atomic E-state index is 5.75. The highest BCUT2D eigenvalue weighted by Crippen LogP contribution is 2.18. The summed E-state index contributed by atoms with van der Waals surface area (Å²) in [6.07, 6.45) is 4.22. The van der Waals surface area contributed by atoms with Crippen LogP contribution >= 0.6 is 0 Å². The lowest BCUT2D eigenvalue weighted by atomic mass is 9.90. The molecule has 0 heterocycles. The minimum Gasteiger partial charge on any atom is -0.402 e. The summed E-state index contributed by atoms with van der Waals surface area (Å²) in [5, 5.41) is 0. The number of nitrogens with two attached hydrogens (primary N) is 2. The molecule has 0 aromatic carbocycles. The highest BCUT2D eigenvalue weighted by atomic mass is 14.7. The van der Waals surface area contributed by atoms with E-state index in [1.54, 1.807) is 0 Å². The van der Waals surface area contributed by atoms with E-state index in [0.29, 0.717) is 5.92 Å². The van der Waals surface area contributed by atoms with Crippen LogP contribution in [0.2, 0.25) is 0 Å². The van der Waals surface area contributed by atoms with Crippen LogP contribution in [0.25, 0.3) is 0 Å². The molecule has 2 atom stereocenters. The molecule has 0 saturated carbocycles. The van der Waals surface area contributed by atoms with Crippen LogP contribution in [0.15, 0.2) is 11.8 Å². The van der Waals surface area contributed by atoms with E-state index in [4.69, 9.17) is 11.5 Å². The molecular formula is C7H14N2. The van der Waals surface area contributed by atoms with E-state index in [1.807, 2.05) is 0 Å². The van der Waals surface area contributed by atoms with Crippen LogP contribution in [0, 0.1) is 5.92 Å². The van der Waals surface area contributed by atoms with E-state index < -0.39 is 0 Å². The summed E-state index contributed by atoms with van der Waals surface area (Å²) in [6, 6.07) is 0.287. The van der Waals surface area contributed by atoms with Crippen molar-refractivity contribution in [1.82, 2.24) is 0 Å². The zero-order valence-electron chi connectivity index (χ0n) is 5.80. The largest absolute Gasteiger partial charge is 0.402 e. The minimum atomic E-state index is 0.287. The van der Waals surface area contributed by atoms with Crippen LogP contribution in [-0.2, 0) is 0 Å². The molecule has 0 aliphatic heterocycles. The number of hydrogen-bond acceptors (Lipinski definition) is 2. The van der Waals surface area contributed by atoms with Crippen LogP contribution in [0.1, 0.15) is 19.8 Å². The predicted octanol–water partition coefficient (Wildman–Crippen LogP) is 0.586. The molecule has 0 saturated heterocycles. The Balaban J connectivity index is 2.62. The first kappa shape index (κ1) is 6.62. The third kappa shape index (κ3) is 1.24. The SMILES string of the molecule is CC1C(N)=CCCC1N. The summed E-state index contributed by atoms with van der Waals surface area (Å²) >= 11 is 0. The van der Waals surface area contributed by atoms with Gasteiger partial charge in [0.25, 0.3) is 0 Å². The van der Waals surface area contributed by atoms with Gasteiger partial charge in [-0.15, -0.1) is 0 Å². The number of rotatable bonds is 0. The molecule has 2 unspecified atom stereocenters. The third-order valence-electron chi connectivity index (χ3n) is 2.05. The lowest BCUT2D eigenvalue weighted by Crippen LogP contribution is -2.34. The molecule has 0 amide bonds. The molecule has 0 bridgehead atoms. The van der Waals surface area contributed by atoms with Gasteiger partial charge in [-0.2, -0.15) is 0 Å². The zero-order chi connectivity index (χ0) is 6.85. The summed E-state index contributed by atoms with van der Waals surface area (Å²) < 4.78 is 0. The fourth-order valence-electron chi connectivity index (χ4n) is 1.13. The molecule has 2 nitrogen and oxygen atoms in total. The van der Waals surface area contributed by atoms with Crippen molar-refractivity contribution in [3.05, 3.63) is 11.8 Å². The molecule has 0 fully saturated rings. The van der Waals surface area contributed by atoms with Crippen molar-refractivity contribution < 1.29 is 0 Å². The Morgan fingerprint density at radius 3 is 2.78 bits per heavy atom. The Morgan fingerprint density at radius 2 is 2.33 bits per heavy atom. The highest BCUT2D eigenvalue weighted by molar-refractivity contribution is 5.07. The molecular weight excluding hydrogens is 112 g/mol. The van der Waals surface area contributed by atoms with Crippen LogP contribution in [0.5, 0.6) is 0 Å². The smallest absolute Gasteiger partial charge is 0.0122 e. The van der Waals surface area contributed by atoms with Gasteiger partial charge in [0.05, 0.1) is 0 Å². The lowest BCUT2D eigenvalue weighted by molar-refractivity contribution is 0.459. The monoisotopic (exact) mass is 126 g/mol. The van der Waals surface area contributed by atoms with E-state index in [-0.39, 0.29) is 6.04 Å². The van der Waals surface area contributed by atoms with Crippen molar-refractivity contribution in [2.24, 2.45) is 17.4 Å². The second-order valence-corrected chi connectivity index (χ2v) is 2.73. The fraction of sp³-hybridized carbons (Fsp3) is 0.714. The first-order valence-corrected chi connectivity index (χ1v) is 3.43. The van der Waals surface area contributed by atoms with Gasteiger partial charge in [0.1, 0.15) is 0 Å². The van der Waals surface area contributed by atoms with E-state index >= 15 is 0 Å². The predicted molar refractivity (Wildman–Crippen MR) is 38.6 cm³/mol. The second-order valence-electron chi connectivity index (χ2n) is 2.73. The Labute approximate surface area is 55.9 Å². The van der Waals surface area contributed by atoms with Crippen LogP contribution in [0.3, 0.4) is 0 Å². The molecule has 0 radical (unpaired) electrons. The van der Waals surface area contributed by atoms with Crippen molar-refractivity contribution in [3.8, 4) is 0 Å². The maximum atomic E-state index is 5.75. The van der Waals surface area contributed by atoms with Gasteiger partial charge in [-0.25, -0.2) is 0 Å². The summed E-state index contributed by atoms with van der Waals surface area (Å²) in [4.78, 5) is 0. The Morgan fingerprint density at radius 1 is 1.67 bits per heavy atom. The summed E-state index contributed by atoms with van der Waals surface area (Å²) in [6.45, 7) is 2.08. The van der Waals surface area contributed by atoms with Crippen LogP contribution in [-0.4, -0.2) is 6.04 Å². The van der Waals surface area contributed by atoms with Crippen molar-refractivity contribution in [2.75, 3.05) is 0 Å². The molecule has 1 aliphatic rings. The van der Waals surface area contributed by atoms with Crippen molar-refractivity contribution in [1.29, 1.82) is 0 Å². The quantitative estimate of drug-likeness (QED) is 0.499. The molecule has 52 valence electrons. The lowest BCUT2D eigenvalue weighted by Gasteiger charge is -2.23. The maximum Gasteiger partial charge on any atom is 0.0122 e. The van der Waals surface area contributed by atoms with E-state index in [0.717, 1.165) is 18.5 Å². The van der Waals surface area contributed by atoms with E-state index in [2.05, 4.69) is 13.0 Å². The standard InChI is InChI=1S/C7H14N2/c1-5-6(8)3-2-4-7(5)9/h3,5,7H,2,4,8-9H2,1H3. The van der Waals surface area contributed by atoms with E-state index in [9.17, 15) is 0 Å². The van der Waals surface area contributed by atoms with Crippen LogP contribution < -0.4 is 11.5 Å². The summed E-state index contributed by atoms with van der Waals surface area (Å²) in [7, 11) is 0. The van der Waals surface area contributed by atoms with Crippen LogP contribution in [0.4, 0.5) is 0 Å². The third-order valence-corrected chi connectivity index (χ3v) is 2.05.